The number of nitrogens with zero attached hydrogens (tertiary/aromatic N) is 1. The van der Waals surface area contributed by atoms with E-state index in [4.69, 9.17) is 28.9 Å². The molecule has 0 atom stereocenters. The summed E-state index contributed by atoms with van der Waals surface area (Å²) in [7, 11) is 0. The number of nitrogens with one attached hydrogen (secondary N) is 1. The van der Waals surface area contributed by atoms with Gasteiger partial charge in [0.1, 0.15) is 10.2 Å². The van der Waals surface area contributed by atoms with Gasteiger partial charge in [-0.1, -0.05) is 23.2 Å². The van der Waals surface area contributed by atoms with Gasteiger partial charge >= 0.3 is 0 Å². The Labute approximate surface area is 94.9 Å². The van der Waals surface area contributed by atoms with Crippen LogP contribution in [0.2, 0.25) is 8.67 Å². The fourth-order valence-corrected chi connectivity index (χ4v) is 2.62. The second-order valence-electron chi connectivity index (χ2n) is 2.69. The van der Waals surface area contributed by atoms with Crippen LogP contribution in [0.5, 0.6) is 0 Å². The van der Waals surface area contributed by atoms with E-state index in [0.29, 0.717) is 15.2 Å². The molecule has 0 aliphatic heterocycles. The van der Waals surface area contributed by atoms with Crippen molar-refractivity contribution in [3.05, 3.63) is 26.8 Å². The summed E-state index contributed by atoms with van der Waals surface area (Å²) in [6.07, 6.45) is 1.70. The van der Waals surface area contributed by atoms with Crippen molar-refractivity contribution in [2.75, 3.05) is 0 Å². The van der Waals surface area contributed by atoms with E-state index >= 15 is 0 Å². The molecule has 0 bridgehead atoms. The third-order valence-electron chi connectivity index (χ3n) is 1.77. The maximum atomic E-state index is 5.99. The Hall–Kier alpha value is -0.550. The molecule has 14 heavy (non-hydrogen) atoms. The lowest BCUT2D eigenvalue weighted by atomic mass is 10.3. The Kier molecular flexibility index (Phi) is 2.78. The van der Waals surface area contributed by atoms with Crippen molar-refractivity contribution in [1.29, 1.82) is 0 Å². The predicted molar refractivity (Wildman–Crippen MR) is 59.8 cm³/mol. The number of halogens is 2. The average Bonchev–Trinajstić information content (AvgIpc) is 2.71. The molecule has 3 N–H and O–H groups in total. The average molecular weight is 248 g/mol. The van der Waals surface area contributed by atoms with Gasteiger partial charge in [0.2, 0.25) is 0 Å². The SMILES string of the molecule is NCc1ncc(-c2cc(Cl)sc2Cl)[nH]1. The van der Waals surface area contributed by atoms with Crippen molar-refractivity contribution in [3.63, 3.8) is 0 Å². The second kappa shape index (κ2) is 3.90. The molecule has 3 nitrogen and oxygen atoms in total. The van der Waals surface area contributed by atoms with Crippen molar-refractivity contribution in [1.82, 2.24) is 9.97 Å². The molecule has 6 heteroatoms. The lowest BCUT2D eigenvalue weighted by Crippen LogP contribution is -1.97. The van der Waals surface area contributed by atoms with E-state index in [1.54, 1.807) is 6.20 Å². The number of thiophene rings is 1. The largest absolute Gasteiger partial charge is 0.341 e. The quantitative estimate of drug-likeness (QED) is 0.858. The molecule has 0 saturated carbocycles. The molecule has 0 unspecified atom stereocenters. The number of hydrogen-bond donors (Lipinski definition) is 2. The Balaban J connectivity index is 2.43. The summed E-state index contributed by atoms with van der Waals surface area (Å²) in [4.78, 5) is 7.14. The smallest absolute Gasteiger partial charge is 0.120 e. The van der Waals surface area contributed by atoms with Gasteiger partial charge in [0, 0.05) is 5.56 Å². The van der Waals surface area contributed by atoms with Crippen LogP contribution in [0.1, 0.15) is 5.82 Å². The third kappa shape index (κ3) is 1.79. The van der Waals surface area contributed by atoms with Crippen LogP contribution in [0, 0.1) is 0 Å². The molecule has 0 aliphatic rings. The van der Waals surface area contributed by atoms with Crippen LogP contribution in [0.15, 0.2) is 12.3 Å². The lowest BCUT2D eigenvalue weighted by molar-refractivity contribution is 0.951. The summed E-state index contributed by atoms with van der Waals surface area (Å²) in [5.41, 5.74) is 7.15. The van der Waals surface area contributed by atoms with Crippen molar-refractivity contribution in [2.24, 2.45) is 5.73 Å². The van der Waals surface area contributed by atoms with E-state index in [1.807, 2.05) is 6.07 Å². The molecule has 2 aromatic rings. The maximum Gasteiger partial charge on any atom is 0.120 e. The van der Waals surface area contributed by atoms with E-state index in [1.165, 1.54) is 11.3 Å². The molecule has 0 saturated heterocycles. The number of hydrogen-bond acceptors (Lipinski definition) is 3. The zero-order valence-corrected chi connectivity index (χ0v) is 9.38. The van der Waals surface area contributed by atoms with Gasteiger partial charge < -0.3 is 10.7 Å². The number of aromatic nitrogens is 2. The summed E-state index contributed by atoms with van der Waals surface area (Å²) in [5.74, 6) is 0.735. The summed E-state index contributed by atoms with van der Waals surface area (Å²) in [5, 5.41) is 0. The molecule has 2 aromatic heterocycles. The van der Waals surface area contributed by atoms with Crippen LogP contribution < -0.4 is 5.73 Å². The molecule has 0 fully saturated rings. The fourth-order valence-electron chi connectivity index (χ4n) is 1.13. The van der Waals surface area contributed by atoms with E-state index in [2.05, 4.69) is 9.97 Å². The Morgan fingerprint density at radius 1 is 1.50 bits per heavy atom. The number of imidazole rings is 1. The molecule has 74 valence electrons. The second-order valence-corrected chi connectivity index (χ2v) is 4.97. The highest BCUT2D eigenvalue weighted by Crippen LogP contribution is 2.37. The van der Waals surface area contributed by atoms with E-state index in [0.717, 1.165) is 17.1 Å². The zero-order valence-electron chi connectivity index (χ0n) is 7.05. The van der Waals surface area contributed by atoms with Crippen molar-refractivity contribution < 1.29 is 0 Å². The zero-order chi connectivity index (χ0) is 10.1. The minimum absolute atomic E-state index is 0.384. The summed E-state index contributed by atoms with van der Waals surface area (Å²) < 4.78 is 1.32. The van der Waals surface area contributed by atoms with E-state index < -0.39 is 0 Å². The van der Waals surface area contributed by atoms with E-state index in [-0.39, 0.29) is 0 Å². The first-order chi connectivity index (χ1) is 6.70. The molecule has 0 aliphatic carbocycles. The monoisotopic (exact) mass is 247 g/mol. The lowest BCUT2D eigenvalue weighted by Gasteiger charge is -1.92. The Morgan fingerprint density at radius 3 is 2.79 bits per heavy atom. The highest BCUT2D eigenvalue weighted by Gasteiger charge is 2.10. The maximum absolute atomic E-state index is 5.99. The highest BCUT2D eigenvalue weighted by molar-refractivity contribution is 7.20. The molecular weight excluding hydrogens is 241 g/mol. The molecule has 0 amide bonds. The fraction of sp³-hybridized carbons (Fsp3) is 0.125. The van der Waals surface area contributed by atoms with Crippen molar-refractivity contribution in [3.8, 4) is 11.3 Å². The first kappa shape index (κ1) is 9.98. The van der Waals surface area contributed by atoms with Gasteiger partial charge in [-0.05, 0) is 6.07 Å². The Bertz CT molecular complexity index is 449. The number of rotatable bonds is 2. The summed E-state index contributed by atoms with van der Waals surface area (Å²) in [6.45, 7) is 0.384. The van der Waals surface area contributed by atoms with Crippen LogP contribution in [0.4, 0.5) is 0 Å². The first-order valence-corrected chi connectivity index (χ1v) is 5.47. The minimum Gasteiger partial charge on any atom is -0.341 e. The van der Waals surface area contributed by atoms with Crippen LogP contribution in [0.25, 0.3) is 11.3 Å². The number of nitrogens with two attached hydrogens (primary N) is 1. The summed E-state index contributed by atoms with van der Waals surface area (Å²) >= 11 is 13.2. The Morgan fingerprint density at radius 2 is 2.29 bits per heavy atom. The molecule has 0 aromatic carbocycles. The van der Waals surface area contributed by atoms with Crippen LogP contribution in [0.3, 0.4) is 0 Å². The molecule has 2 rings (SSSR count). The normalized spacial score (nSPS) is 10.8. The van der Waals surface area contributed by atoms with Crippen molar-refractivity contribution in [2.45, 2.75) is 6.54 Å². The van der Waals surface area contributed by atoms with Gasteiger partial charge in [0.25, 0.3) is 0 Å². The summed E-state index contributed by atoms with van der Waals surface area (Å²) in [6, 6.07) is 1.81. The van der Waals surface area contributed by atoms with Gasteiger partial charge in [0.05, 0.1) is 22.8 Å². The minimum atomic E-state index is 0.384. The van der Waals surface area contributed by atoms with Crippen LogP contribution in [-0.4, -0.2) is 9.97 Å². The predicted octanol–water partition coefficient (Wildman–Crippen LogP) is 2.90. The van der Waals surface area contributed by atoms with Crippen molar-refractivity contribution >= 4 is 34.5 Å². The van der Waals surface area contributed by atoms with E-state index in [9.17, 15) is 0 Å². The van der Waals surface area contributed by atoms with Gasteiger partial charge in [-0.15, -0.1) is 11.3 Å². The van der Waals surface area contributed by atoms with Gasteiger partial charge in [-0.2, -0.15) is 0 Å². The molecule has 0 spiro atoms. The first-order valence-electron chi connectivity index (χ1n) is 3.90. The molecular formula is C8H7Cl2N3S. The third-order valence-corrected chi connectivity index (χ3v) is 3.26. The van der Waals surface area contributed by atoms with Gasteiger partial charge in [0.15, 0.2) is 0 Å². The molecule has 2 heterocycles. The highest BCUT2D eigenvalue weighted by atomic mass is 35.5. The van der Waals surface area contributed by atoms with Gasteiger partial charge in [-0.3, -0.25) is 0 Å². The van der Waals surface area contributed by atoms with Crippen LogP contribution >= 0.6 is 34.5 Å². The molecule has 0 radical (unpaired) electrons. The standard InChI is InChI=1S/C8H7Cl2N3S/c9-6-1-4(8(10)14-6)5-3-12-7(2-11)13-5/h1,3H,2,11H2,(H,12,13). The van der Waals surface area contributed by atoms with Crippen LogP contribution in [-0.2, 0) is 6.54 Å². The number of aromatic amines is 1. The topological polar surface area (TPSA) is 54.7 Å². The number of H-pyrrole nitrogens is 1. The van der Waals surface area contributed by atoms with Gasteiger partial charge in [-0.25, -0.2) is 4.98 Å².